The predicted molar refractivity (Wildman–Crippen MR) is 71.7 cm³/mol. The molecule has 0 spiro atoms. The number of rotatable bonds is 1. The first-order valence-electron chi connectivity index (χ1n) is 6.45. The fourth-order valence-electron chi connectivity index (χ4n) is 2.67. The molecule has 1 fully saturated rings. The topological polar surface area (TPSA) is 59.5 Å². The molecule has 2 aromatic heterocycles. The van der Waals surface area contributed by atoms with Crippen molar-refractivity contribution in [2.24, 2.45) is 11.7 Å². The van der Waals surface area contributed by atoms with Crippen molar-refractivity contribution in [3.05, 3.63) is 23.9 Å². The summed E-state index contributed by atoms with van der Waals surface area (Å²) in [5, 5.41) is 4.54. The van der Waals surface area contributed by atoms with Crippen molar-refractivity contribution < 1.29 is 0 Å². The summed E-state index contributed by atoms with van der Waals surface area (Å²) in [6, 6.07) is 4.28. The quantitative estimate of drug-likeness (QED) is 0.820. The number of aryl methyl sites for hydroxylation is 1. The van der Waals surface area contributed by atoms with Gasteiger partial charge in [0, 0.05) is 25.3 Å². The summed E-state index contributed by atoms with van der Waals surface area (Å²) < 4.78 is 1.84. The minimum absolute atomic E-state index is 0.224. The van der Waals surface area contributed by atoms with Gasteiger partial charge in [-0.15, -0.1) is 5.10 Å². The normalized spacial score (nSPS) is 24.7. The van der Waals surface area contributed by atoms with Gasteiger partial charge in [-0.05, 0) is 30.9 Å². The van der Waals surface area contributed by atoms with Crippen molar-refractivity contribution >= 4 is 11.6 Å². The molecule has 2 atom stereocenters. The summed E-state index contributed by atoms with van der Waals surface area (Å²) in [4.78, 5) is 6.76. The standard InChI is InChI=1S/C13H19N5/c1-9-3-4-12-15-13(16-18(12)7-9)17-6-10(2)5-11(14)8-17/h3-4,7,10-11H,5-6,8,14H2,1-2H3. The van der Waals surface area contributed by atoms with Crippen molar-refractivity contribution in [2.75, 3.05) is 18.0 Å². The Morgan fingerprint density at radius 3 is 2.94 bits per heavy atom. The van der Waals surface area contributed by atoms with E-state index in [-0.39, 0.29) is 6.04 Å². The summed E-state index contributed by atoms with van der Waals surface area (Å²) in [5.74, 6) is 1.39. The molecule has 2 N–H and O–H groups in total. The molecule has 0 aliphatic carbocycles. The highest BCUT2D eigenvalue weighted by molar-refractivity contribution is 5.45. The van der Waals surface area contributed by atoms with Crippen LogP contribution < -0.4 is 10.6 Å². The van der Waals surface area contributed by atoms with Gasteiger partial charge in [-0.3, -0.25) is 0 Å². The van der Waals surface area contributed by atoms with E-state index >= 15 is 0 Å². The second-order valence-electron chi connectivity index (χ2n) is 5.43. The van der Waals surface area contributed by atoms with Crippen LogP contribution in [0.5, 0.6) is 0 Å². The Bertz CT molecular complexity index is 552. The lowest BCUT2D eigenvalue weighted by molar-refractivity contribution is 0.398. The number of nitrogens with two attached hydrogens (primary N) is 1. The van der Waals surface area contributed by atoms with Gasteiger partial charge in [0.15, 0.2) is 5.65 Å². The first kappa shape index (κ1) is 11.5. The van der Waals surface area contributed by atoms with Gasteiger partial charge in [0.25, 0.3) is 0 Å². The minimum Gasteiger partial charge on any atom is -0.338 e. The van der Waals surface area contributed by atoms with Crippen molar-refractivity contribution in [1.82, 2.24) is 14.6 Å². The number of fused-ring (bicyclic) bond motifs is 1. The molecule has 1 saturated heterocycles. The predicted octanol–water partition coefficient (Wildman–Crippen LogP) is 1.21. The zero-order valence-electron chi connectivity index (χ0n) is 10.9. The second-order valence-corrected chi connectivity index (χ2v) is 5.43. The van der Waals surface area contributed by atoms with E-state index in [1.54, 1.807) is 0 Å². The maximum atomic E-state index is 6.07. The van der Waals surface area contributed by atoms with Gasteiger partial charge in [0.2, 0.25) is 5.95 Å². The van der Waals surface area contributed by atoms with E-state index in [1.165, 1.54) is 5.56 Å². The fraction of sp³-hybridized carbons (Fsp3) is 0.538. The lowest BCUT2D eigenvalue weighted by Gasteiger charge is -2.33. The molecule has 3 heterocycles. The van der Waals surface area contributed by atoms with Crippen LogP contribution in [0.15, 0.2) is 18.3 Å². The lowest BCUT2D eigenvalue weighted by Crippen LogP contribution is -2.46. The van der Waals surface area contributed by atoms with E-state index < -0.39 is 0 Å². The average Bonchev–Trinajstić information content (AvgIpc) is 2.70. The Kier molecular flexibility index (Phi) is 2.70. The third-order valence-electron chi connectivity index (χ3n) is 3.44. The summed E-state index contributed by atoms with van der Waals surface area (Å²) in [5.41, 5.74) is 8.14. The number of hydrogen-bond donors (Lipinski definition) is 1. The van der Waals surface area contributed by atoms with Gasteiger partial charge in [-0.25, -0.2) is 4.52 Å². The van der Waals surface area contributed by atoms with Gasteiger partial charge >= 0.3 is 0 Å². The van der Waals surface area contributed by atoms with E-state index in [1.807, 2.05) is 16.8 Å². The molecule has 1 aliphatic rings. The Morgan fingerprint density at radius 1 is 1.33 bits per heavy atom. The van der Waals surface area contributed by atoms with Crippen LogP contribution in [0.1, 0.15) is 18.9 Å². The number of aromatic nitrogens is 3. The Hall–Kier alpha value is -1.62. The van der Waals surface area contributed by atoms with E-state index in [0.717, 1.165) is 31.1 Å². The molecule has 5 heteroatoms. The molecule has 5 nitrogen and oxygen atoms in total. The molecule has 0 amide bonds. The van der Waals surface area contributed by atoms with Crippen molar-refractivity contribution in [2.45, 2.75) is 26.3 Å². The molecule has 3 rings (SSSR count). The number of pyridine rings is 1. The molecule has 0 radical (unpaired) electrons. The number of piperidine rings is 1. The Balaban J connectivity index is 1.93. The summed E-state index contributed by atoms with van der Waals surface area (Å²) in [6.45, 7) is 6.12. The van der Waals surface area contributed by atoms with Gasteiger partial charge in [0.05, 0.1) is 0 Å². The monoisotopic (exact) mass is 245 g/mol. The van der Waals surface area contributed by atoms with E-state index in [9.17, 15) is 0 Å². The average molecular weight is 245 g/mol. The van der Waals surface area contributed by atoms with Gasteiger partial charge < -0.3 is 10.6 Å². The van der Waals surface area contributed by atoms with Gasteiger partial charge in [-0.2, -0.15) is 4.98 Å². The van der Waals surface area contributed by atoms with Crippen LogP contribution in [0.2, 0.25) is 0 Å². The molecule has 1 aliphatic heterocycles. The van der Waals surface area contributed by atoms with E-state index in [2.05, 4.69) is 34.9 Å². The van der Waals surface area contributed by atoms with E-state index in [4.69, 9.17) is 5.73 Å². The van der Waals surface area contributed by atoms with Crippen LogP contribution in [-0.4, -0.2) is 33.7 Å². The first-order valence-corrected chi connectivity index (χ1v) is 6.45. The third kappa shape index (κ3) is 2.06. The van der Waals surface area contributed by atoms with Gasteiger partial charge in [-0.1, -0.05) is 13.0 Å². The zero-order valence-corrected chi connectivity index (χ0v) is 10.9. The van der Waals surface area contributed by atoms with Crippen molar-refractivity contribution in [1.29, 1.82) is 0 Å². The molecule has 0 saturated carbocycles. The molecule has 0 aromatic carbocycles. The second kappa shape index (κ2) is 4.24. The van der Waals surface area contributed by atoms with Crippen LogP contribution in [0.4, 0.5) is 5.95 Å². The van der Waals surface area contributed by atoms with Gasteiger partial charge in [0.1, 0.15) is 0 Å². The van der Waals surface area contributed by atoms with Crippen LogP contribution in [0.25, 0.3) is 5.65 Å². The highest BCUT2D eigenvalue weighted by atomic mass is 15.4. The maximum absolute atomic E-state index is 6.07. The largest absolute Gasteiger partial charge is 0.338 e. The van der Waals surface area contributed by atoms with Crippen LogP contribution in [0, 0.1) is 12.8 Å². The maximum Gasteiger partial charge on any atom is 0.245 e. The Morgan fingerprint density at radius 2 is 2.17 bits per heavy atom. The van der Waals surface area contributed by atoms with Crippen LogP contribution in [0.3, 0.4) is 0 Å². The highest BCUT2D eigenvalue weighted by Gasteiger charge is 2.24. The number of nitrogens with zero attached hydrogens (tertiary/aromatic N) is 4. The molecule has 0 bridgehead atoms. The first-order chi connectivity index (χ1) is 8.61. The molecule has 2 unspecified atom stereocenters. The molecule has 2 aromatic rings. The smallest absolute Gasteiger partial charge is 0.245 e. The molecule has 96 valence electrons. The van der Waals surface area contributed by atoms with E-state index in [0.29, 0.717) is 5.92 Å². The lowest BCUT2D eigenvalue weighted by atomic mass is 9.97. The molecule has 18 heavy (non-hydrogen) atoms. The minimum atomic E-state index is 0.224. The third-order valence-corrected chi connectivity index (χ3v) is 3.44. The zero-order chi connectivity index (χ0) is 12.7. The summed E-state index contributed by atoms with van der Waals surface area (Å²) in [6.07, 6.45) is 3.09. The summed E-state index contributed by atoms with van der Waals surface area (Å²) in [7, 11) is 0. The molecular formula is C13H19N5. The van der Waals surface area contributed by atoms with Crippen molar-refractivity contribution in [3.8, 4) is 0 Å². The number of anilines is 1. The fourth-order valence-corrected chi connectivity index (χ4v) is 2.67. The van der Waals surface area contributed by atoms with Crippen LogP contribution in [-0.2, 0) is 0 Å². The Labute approximate surface area is 107 Å². The highest BCUT2D eigenvalue weighted by Crippen LogP contribution is 2.20. The SMILES string of the molecule is Cc1ccc2nc(N3CC(C)CC(N)C3)nn2c1. The molecular weight excluding hydrogens is 226 g/mol. The van der Waals surface area contributed by atoms with Crippen LogP contribution >= 0.6 is 0 Å². The van der Waals surface area contributed by atoms with Crippen molar-refractivity contribution in [3.63, 3.8) is 0 Å². The number of hydrogen-bond acceptors (Lipinski definition) is 4. The summed E-state index contributed by atoms with van der Waals surface area (Å²) >= 11 is 0.